The molecule has 2 aromatic rings. The summed E-state index contributed by atoms with van der Waals surface area (Å²) in [5.74, 6) is 0. The lowest BCUT2D eigenvalue weighted by Crippen LogP contribution is -2.23. The maximum Gasteiger partial charge on any atom is 0.112 e. The molecule has 0 bridgehead atoms. The molecule has 0 heterocycles. The fourth-order valence-electron chi connectivity index (χ4n) is 1.84. The van der Waals surface area contributed by atoms with E-state index in [9.17, 15) is 0 Å². The average Bonchev–Trinajstić information content (AvgIpc) is 2.53. The van der Waals surface area contributed by atoms with Crippen LogP contribution in [0.25, 0.3) is 0 Å². The third-order valence-corrected chi connectivity index (χ3v) is 3.06. The summed E-state index contributed by atoms with van der Waals surface area (Å²) in [4.78, 5) is 4.51. The van der Waals surface area contributed by atoms with Crippen LogP contribution in [0.3, 0.4) is 0 Å². The average molecular weight is 278 g/mol. The molecule has 4 N–H and O–H groups in total. The summed E-state index contributed by atoms with van der Waals surface area (Å²) in [6, 6.07) is 16.7. The van der Waals surface area contributed by atoms with Gasteiger partial charge in [-0.15, -0.1) is 0 Å². The molecule has 0 aromatic heterocycles. The summed E-state index contributed by atoms with van der Waals surface area (Å²) in [5.41, 5.74) is 9.25. The zero-order valence-electron chi connectivity index (χ0n) is 11.9. The molecule has 106 valence electrons. The largest absolute Gasteiger partial charge is 0.397 e. The van der Waals surface area contributed by atoms with E-state index in [1.54, 1.807) is 13.1 Å². The number of anilines is 1. The van der Waals surface area contributed by atoms with Crippen molar-refractivity contribution in [3.63, 3.8) is 0 Å². The summed E-state index contributed by atoms with van der Waals surface area (Å²) in [5, 5.41) is 11.3. The Morgan fingerprint density at radius 3 is 2.33 bits per heavy atom. The first-order chi connectivity index (χ1) is 10.1. The molecule has 0 aliphatic carbocycles. The zero-order chi connectivity index (χ0) is 15.2. The second-order valence-electron chi connectivity index (χ2n) is 4.49. The molecule has 4 heteroatoms. The normalized spacial score (nSPS) is 11.0. The number of rotatable bonds is 5. The Hall–Kier alpha value is -2.88. The van der Waals surface area contributed by atoms with Gasteiger partial charge in [0.15, 0.2) is 0 Å². The topological polar surface area (TPSA) is 74.3 Å². The maximum absolute atomic E-state index is 8.37. The van der Waals surface area contributed by atoms with E-state index in [0.717, 1.165) is 5.56 Å². The highest BCUT2D eigenvalue weighted by Gasteiger charge is 2.13. The third-order valence-electron chi connectivity index (χ3n) is 3.06. The lowest BCUT2D eigenvalue weighted by atomic mass is 10.0. The lowest BCUT2D eigenvalue weighted by Gasteiger charge is -2.12. The SMILES string of the molecule is C=C(NC)/C(=N\c1ccccc1N)C(=N)c1ccccc1. The Kier molecular flexibility index (Phi) is 4.51. The van der Waals surface area contributed by atoms with E-state index in [2.05, 4.69) is 16.9 Å². The van der Waals surface area contributed by atoms with Crippen molar-refractivity contribution in [1.29, 1.82) is 5.41 Å². The standard InChI is InChI=1S/C17H18N4/c1-12(20-2)17(16(19)13-8-4-3-5-9-13)21-15-11-7-6-10-14(15)18/h3-11,19-20H,1,18H2,2H3/b19-16?,21-17+. The lowest BCUT2D eigenvalue weighted by molar-refractivity contribution is 1.06. The maximum atomic E-state index is 8.37. The Morgan fingerprint density at radius 2 is 1.71 bits per heavy atom. The number of nitrogen functional groups attached to an aromatic ring is 1. The number of para-hydroxylation sites is 2. The molecule has 0 unspecified atom stereocenters. The highest BCUT2D eigenvalue weighted by Crippen LogP contribution is 2.22. The molecule has 0 spiro atoms. The molecule has 0 radical (unpaired) electrons. The zero-order valence-corrected chi connectivity index (χ0v) is 11.9. The van der Waals surface area contributed by atoms with Crippen molar-refractivity contribution in [1.82, 2.24) is 5.32 Å². The van der Waals surface area contributed by atoms with Crippen LogP contribution in [0, 0.1) is 5.41 Å². The van der Waals surface area contributed by atoms with Gasteiger partial charge in [0.25, 0.3) is 0 Å². The molecular formula is C17H18N4. The molecule has 21 heavy (non-hydrogen) atoms. The predicted molar refractivity (Wildman–Crippen MR) is 89.4 cm³/mol. The van der Waals surface area contributed by atoms with Crippen LogP contribution in [0.15, 0.2) is 71.9 Å². The molecule has 2 rings (SSSR count). The quantitative estimate of drug-likeness (QED) is 0.580. The summed E-state index contributed by atoms with van der Waals surface area (Å²) in [7, 11) is 1.75. The van der Waals surface area contributed by atoms with Gasteiger partial charge in [0.05, 0.1) is 22.8 Å². The molecule has 2 aromatic carbocycles. The van der Waals surface area contributed by atoms with E-state index < -0.39 is 0 Å². The van der Waals surface area contributed by atoms with Gasteiger partial charge < -0.3 is 11.1 Å². The molecule has 0 atom stereocenters. The summed E-state index contributed by atoms with van der Waals surface area (Å²) < 4.78 is 0. The Bertz CT molecular complexity index is 687. The molecule has 0 saturated heterocycles. The highest BCUT2D eigenvalue weighted by atomic mass is 14.9. The van der Waals surface area contributed by atoms with Gasteiger partial charge in [0.1, 0.15) is 5.71 Å². The summed E-state index contributed by atoms with van der Waals surface area (Å²) in [6.07, 6.45) is 0. The van der Waals surface area contributed by atoms with Crippen molar-refractivity contribution in [3.8, 4) is 0 Å². The van der Waals surface area contributed by atoms with Crippen molar-refractivity contribution < 1.29 is 0 Å². The van der Waals surface area contributed by atoms with Crippen LogP contribution in [-0.2, 0) is 0 Å². The van der Waals surface area contributed by atoms with Crippen molar-refractivity contribution >= 4 is 22.8 Å². The van der Waals surface area contributed by atoms with Gasteiger partial charge in [-0.25, -0.2) is 4.99 Å². The van der Waals surface area contributed by atoms with Gasteiger partial charge in [0.2, 0.25) is 0 Å². The van der Waals surface area contributed by atoms with Gasteiger partial charge in [-0.1, -0.05) is 49.0 Å². The second kappa shape index (κ2) is 6.52. The number of hydrogen-bond donors (Lipinski definition) is 3. The number of allylic oxidation sites excluding steroid dienone is 1. The van der Waals surface area contributed by atoms with E-state index in [4.69, 9.17) is 11.1 Å². The molecule has 0 fully saturated rings. The van der Waals surface area contributed by atoms with Gasteiger partial charge in [-0.05, 0) is 12.1 Å². The van der Waals surface area contributed by atoms with Gasteiger partial charge >= 0.3 is 0 Å². The van der Waals surface area contributed by atoms with Crippen LogP contribution in [-0.4, -0.2) is 18.5 Å². The number of aliphatic imine (C=N–C) groups is 1. The van der Waals surface area contributed by atoms with Crippen molar-refractivity contribution in [2.45, 2.75) is 0 Å². The molecule has 0 amide bonds. The van der Waals surface area contributed by atoms with E-state index in [1.165, 1.54) is 0 Å². The summed E-state index contributed by atoms with van der Waals surface area (Å²) in [6.45, 7) is 3.92. The highest BCUT2D eigenvalue weighted by molar-refractivity contribution is 6.52. The van der Waals surface area contributed by atoms with Crippen molar-refractivity contribution in [2.75, 3.05) is 12.8 Å². The van der Waals surface area contributed by atoms with Gasteiger partial charge in [-0.3, -0.25) is 5.41 Å². The first-order valence-electron chi connectivity index (χ1n) is 6.58. The smallest absolute Gasteiger partial charge is 0.112 e. The Morgan fingerprint density at radius 1 is 1.10 bits per heavy atom. The number of benzene rings is 2. The fourth-order valence-corrected chi connectivity index (χ4v) is 1.84. The van der Waals surface area contributed by atoms with Crippen molar-refractivity contribution in [2.24, 2.45) is 4.99 Å². The van der Waals surface area contributed by atoms with E-state index >= 15 is 0 Å². The molecule has 4 nitrogen and oxygen atoms in total. The first kappa shape index (κ1) is 14.5. The predicted octanol–water partition coefficient (Wildman–Crippen LogP) is 3.14. The van der Waals surface area contributed by atoms with Crippen LogP contribution in [0.2, 0.25) is 0 Å². The fraction of sp³-hybridized carbons (Fsp3) is 0.0588. The van der Waals surface area contributed by atoms with Crippen LogP contribution in [0.1, 0.15) is 5.56 Å². The number of nitrogens with zero attached hydrogens (tertiary/aromatic N) is 1. The van der Waals surface area contributed by atoms with E-state index in [-0.39, 0.29) is 0 Å². The van der Waals surface area contributed by atoms with Gasteiger partial charge in [0, 0.05) is 12.6 Å². The van der Waals surface area contributed by atoms with Crippen LogP contribution in [0.4, 0.5) is 11.4 Å². The molecule has 0 aliphatic heterocycles. The monoisotopic (exact) mass is 278 g/mol. The number of nitrogens with one attached hydrogen (secondary N) is 2. The number of nitrogens with two attached hydrogens (primary N) is 1. The van der Waals surface area contributed by atoms with Gasteiger partial charge in [-0.2, -0.15) is 0 Å². The first-order valence-corrected chi connectivity index (χ1v) is 6.58. The Balaban J connectivity index is 2.47. The van der Waals surface area contributed by atoms with Crippen LogP contribution >= 0.6 is 0 Å². The molecular weight excluding hydrogens is 260 g/mol. The minimum Gasteiger partial charge on any atom is -0.397 e. The molecule has 0 saturated carbocycles. The third kappa shape index (κ3) is 3.36. The number of hydrogen-bond acceptors (Lipinski definition) is 4. The summed E-state index contributed by atoms with van der Waals surface area (Å²) >= 11 is 0. The minimum atomic E-state index is 0.304. The van der Waals surface area contributed by atoms with Crippen LogP contribution < -0.4 is 11.1 Å². The second-order valence-corrected chi connectivity index (χ2v) is 4.49. The van der Waals surface area contributed by atoms with Crippen molar-refractivity contribution in [3.05, 3.63) is 72.4 Å². The van der Waals surface area contributed by atoms with Crippen LogP contribution in [0.5, 0.6) is 0 Å². The molecule has 0 aliphatic rings. The Labute approximate surface area is 124 Å². The van der Waals surface area contributed by atoms with E-state index in [1.807, 2.05) is 48.5 Å². The van der Waals surface area contributed by atoms with E-state index in [0.29, 0.717) is 28.5 Å². The minimum absolute atomic E-state index is 0.304.